The molecule has 4 amide bonds. The molecule has 126 heavy (non-hydrogen) atoms. The fourth-order valence-electron chi connectivity index (χ4n) is 19.0. The van der Waals surface area contributed by atoms with Crippen molar-refractivity contribution in [2.75, 3.05) is 86.4 Å². The van der Waals surface area contributed by atoms with Gasteiger partial charge >= 0.3 is 0 Å². The topological polar surface area (TPSA) is 245 Å². The molecule has 4 fully saturated rings. The van der Waals surface area contributed by atoms with Gasteiger partial charge in [0.2, 0.25) is 0 Å². The molecule has 648 valence electrons. The smallest absolute Gasteiger partial charge is 0.260 e. The van der Waals surface area contributed by atoms with Gasteiger partial charge in [-0.15, -0.1) is 0 Å². The molecule has 4 aromatic heterocycles. The molecule has 4 saturated heterocycles. The van der Waals surface area contributed by atoms with Gasteiger partial charge in [0.1, 0.15) is 81.2 Å². The molecule has 0 saturated carbocycles. The maximum Gasteiger partial charge on any atom is 0.260 e. The van der Waals surface area contributed by atoms with Crippen LogP contribution in [-0.2, 0) is 46.8 Å². The number of methoxy groups -OCH3 is 2. The quantitative estimate of drug-likeness (QED) is 0.105. The first-order valence-corrected chi connectivity index (χ1v) is 43.3. The standard InChI is InChI=1S/C26H29N3O4.C26H25N3O3.C26H28N2O3.C23H22FN3O3/c1-18-16-19(8-9-22(18)32-15-14-31-3)25(30)29-12-10-26(11-13-29)21-17-27-28(2)24(21)20-6-4-5-7-23(20)33-26;1-25(2,31)19-9-7-18(8-10-19)24(30)28-15-13-26(14-16-28)23-12-11-20(17-27)29(23)21-5-3-4-6-22(21)32-26;1-3-17-30-22-11-10-20(18-19(22)2)25(29)27-15-12-26(13-16-27)24-9-6-14-28(24)21-7-4-5-8-23(21)31-26;1-26-21-15-6-3-4-8-18(15)30-23(16(21)14-25-26)10-12-27(13-11-23)22(28)20-17(24)7-5-9-19(20)29-2/h4-9,16-17H,10-15H2,1-3H3;3-12,31H,13-16H2,1-2H3;4-11,14,18H,3,12-13,15-17H2,1-2H3;3-9,14H,10-13H2,1-2H3. The normalized spacial score (nSPS) is 16.4. The summed E-state index contributed by atoms with van der Waals surface area (Å²) < 4.78 is 70.4. The van der Waals surface area contributed by atoms with Gasteiger partial charge in [-0.3, -0.25) is 33.1 Å². The number of carbonyl (C=O) groups excluding carboxylic acids is 4. The number of hydrogen-bond acceptors (Lipinski definition) is 16. The molecular formula is C101H104FN11O13. The number of nitriles is 1. The second-order valence-corrected chi connectivity index (χ2v) is 34.0. The summed E-state index contributed by atoms with van der Waals surface area (Å²) in [6.45, 7) is 15.8. The van der Waals surface area contributed by atoms with Crippen molar-refractivity contribution >= 4 is 23.6 Å². The number of para-hydroxylation sites is 6. The van der Waals surface area contributed by atoms with Crippen molar-refractivity contribution in [3.8, 4) is 80.2 Å². The number of fused-ring (bicyclic) bond motifs is 16. The van der Waals surface area contributed by atoms with Crippen LogP contribution in [0.2, 0.25) is 0 Å². The Hall–Kier alpha value is -13.4. The molecule has 25 heteroatoms. The number of aromatic nitrogens is 6. The number of likely N-dealkylation sites (tertiary alicyclic amines) is 4. The first-order valence-electron chi connectivity index (χ1n) is 43.3. The van der Waals surface area contributed by atoms with Crippen LogP contribution in [0, 0.1) is 31.0 Å². The summed E-state index contributed by atoms with van der Waals surface area (Å²) in [5, 5.41) is 28.8. The highest BCUT2D eigenvalue weighted by Gasteiger charge is 2.51. The molecular weight excluding hydrogens is 1590 g/mol. The third-order valence-corrected chi connectivity index (χ3v) is 25.8. The van der Waals surface area contributed by atoms with Gasteiger partial charge in [0.05, 0.1) is 72.5 Å². The molecule has 4 spiro atoms. The first kappa shape index (κ1) is 84.8. The van der Waals surface area contributed by atoms with Gasteiger partial charge in [-0.1, -0.05) is 73.7 Å². The number of ether oxygens (including phenoxy) is 8. The number of carbonyl (C=O) groups is 4. The summed E-state index contributed by atoms with van der Waals surface area (Å²) in [4.78, 5) is 60.0. The summed E-state index contributed by atoms with van der Waals surface area (Å²) in [5.41, 5.74) is 12.9. The fourth-order valence-corrected chi connectivity index (χ4v) is 19.0. The van der Waals surface area contributed by atoms with E-state index in [-0.39, 0.29) is 40.5 Å². The maximum atomic E-state index is 14.4. The average Bonchev–Trinajstić information content (AvgIpc) is 1.53. The summed E-state index contributed by atoms with van der Waals surface area (Å²) in [5.74, 6) is 4.41. The Kier molecular flexibility index (Phi) is 23.5. The number of piperidine rings is 4. The highest BCUT2D eigenvalue weighted by molar-refractivity contribution is 5.98. The molecule has 0 atom stereocenters. The Morgan fingerprint density at radius 2 is 0.929 bits per heavy atom. The highest BCUT2D eigenvalue weighted by Crippen LogP contribution is 2.53. The van der Waals surface area contributed by atoms with Crippen LogP contribution in [0.25, 0.3) is 33.9 Å². The average molecular weight is 1700 g/mol. The molecule has 8 aliphatic rings. The van der Waals surface area contributed by atoms with E-state index in [0.717, 1.165) is 140 Å². The van der Waals surface area contributed by atoms with Crippen LogP contribution in [0.4, 0.5) is 4.39 Å². The van der Waals surface area contributed by atoms with Crippen LogP contribution in [0.5, 0.6) is 40.2 Å². The lowest BCUT2D eigenvalue weighted by molar-refractivity contribution is -0.00981. The van der Waals surface area contributed by atoms with Gasteiger partial charge in [-0.25, -0.2) is 4.39 Å². The minimum Gasteiger partial charge on any atom is -0.496 e. The first-order chi connectivity index (χ1) is 61.0. The van der Waals surface area contributed by atoms with E-state index in [1.54, 1.807) is 56.2 Å². The molecule has 0 radical (unpaired) electrons. The highest BCUT2D eigenvalue weighted by atomic mass is 19.1. The molecule has 24 nitrogen and oxygen atoms in total. The number of nitrogens with zero attached hydrogens (tertiary/aromatic N) is 11. The summed E-state index contributed by atoms with van der Waals surface area (Å²) in [6.07, 6.45) is 12.3. The van der Waals surface area contributed by atoms with Crippen molar-refractivity contribution in [2.45, 2.75) is 120 Å². The van der Waals surface area contributed by atoms with E-state index in [4.69, 9.17) is 37.9 Å². The van der Waals surface area contributed by atoms with E-state index in [9.17, 15) is 33.9 Å². The largest absolute Gasteiger partial charge is 0.496 e. The number of aliphatic hydroxyl groups is 1. The molecule has 0 bridgehead atoms. The Bertz CT molecular complexity index is 6120. The SMILES string of the molecule is CC(C)(O)c1ccc(C(=O)N2CCC3(CC2)Oc2ccccc2-n2c(C#N)ccc23)cc1.CCCOc1ccc(C(=O)N2CCC3(CC2)Oc2ccccc2-n2cccc23)cc1C.COCCOc1ccc(C(=O)N2CCC3(CC2)Oc2ccccc2-c2c3cnn2C)cc1C.COc1cccc(F)c1C(=O)N1CCC2(CC1)Oc1ccccc1-c1c2cnn1C. The van der Waals surface area contributed by atoms with Crippen molar-refractivity contribution in [1.29, 1.82) is 5.26 Å². The Labute approximate surface area is 732 Å². The molecule has 1 N–H and O–H groups in total. The number of aryl methyl sites for hydroxylation is 4. The predicted octanol–water partition coefficient (Wildman–Crippen LogP) is 16.9. The Morgan fingerprint density at radius 3 is 1.42 bits per heavy atom. The van der Waals surface area contributed by atoms with Gasteiger partial charge in [0.15, 0.2) is 11.2 Å². The lowest BCUT2D eigenvalue weighted by atomic mass is 9.81. The van der Waals surface area contributed by atoms with E-state index in [2.05, 4.69) is 58.2 Å². The lowest BCUT2D eigenvalue weighted by Crippen LogP contribution is -2.50. The van der Waals surface area contributed by atoms with Crippen LogP contribution in [0.1, 0.15) is 165 Å². The van der Waals surface area contributed by atoms with Gasteiger partial charge in [-0.2, -0.15) is 15.5 Å². The third-order valence-electron chi connectivity index (χ3n) is 25.8. The van der Waals surface area contributed by atoms with Gasteiger partial charge in [0.25, 0.3) is 23.6 Å². The molecule has 8 aliphatic heterocycles. The zero-order chi connectivity index (χ0) is 87.8. The molecule has 0 aliphatic carbocycles. The van der Waals surface area contributed by atoms with Crippen LogP contribution in [-0.4, -0.2) is 163 Å². The van der Waals surface area contributed by atoms with Gasteiger partial charge in [0, 0.05) is 170 Å². The molecule has 20 rings (SSSR count). The number of rotatable bonds is 13. The molecule has 8 aromatic carbocycles. The van der Waals surface area contributed by atoms with E-state index in [1.165, 1.54) is 24.9 Å². The van der Waals surface area contributed by atoms with Gasteiger partial charge in [-0.05, 0) is 184 Å². The molecule has 0 unspecified atom stereocenters. The van der Waals surface area contributed by atoms with Crippen molar-refractivity contribution in [3.63, 3.8) is 0 Å². The molecule has 12 heterocycles. The van der Waals surface area contributed by atoms with Crippen molar-refractivity contribution in [3.05, 3.63) is 292 Å². The van der Waals surface area contributed by atoms with Crippen molar-refractivity contribution < 1.29 is 66.6 Å². The second-order valence-electron chi connectivity index (χ2n) is 34.0. The monoisotopic (exact) mass is 1700 g/mol. The van der Waals surface area contributed by atoms with Gasteiger partial charge < -0.3 is 67.2 Å². The fraction of sp³-hybridized carbons (Fsp3) is 0.337. The zero-order valence-corrected chi connectivity index (χ0v) is 72.6. The number of amides is 4. The Morgan fingerprint density at radius 1 is 0.484 bits per heavy atom. The van der Waals surface area contributed by atoms with Crippen LogP contribution in [0.15, 0.2) is 219 Å². The minimum atomic E-state index is -0.940. The summed E-state index contributed by atoms with van der Waals surface area (Å²) in [7, 11) is 6.98. The predicted molar refractivity (Wildman–Crippen MR) is 473 cm³/mol. The second kappa shape index (κ2) is 34.9. The van der Waals surface area contributed by atoms with Crippen LogP contribution < -0.4 is 33.2 Å². The van der Waals surface area contributed by atoms with Crippen molar-refractivity contribution in [1.82, 2.24) is 48.3 Å². The van der Waals surface area contributed by atoms with E-state index < -0.39 is 28.2 Å². The minimum absolute atomic E-state index is 0.0204. The van der Waals surface area contributed by atoms with E-state index in [0.29, 0.717) is 115 Å². The van der Waals surface area contributed by atoms with Crippen LogP contribution in [0.3, 0.4) is 0 Å². The summed E-state index contributed by atoms with van der Waals surface area (Å²) in [6, 6.07) is 65.2. The Balaban J connectivity index is 0.000000119. The number of benzene rings is 8. The summed E-state index contributed by atoms with van der Waals surface area (Å²) >= 11 is 0. The zero-order valence-electron chi connectivity index (χ0n) is 72.6. The third kappa shape index (κ3) is 15.9. The maximum absolute atomic E-state index is 14.4. The molecule has 12 aromatic rings. The van der Waals surface area contributed by atoms with Crippen LogP contribution >= 0.6 is 0 Å². The lowest BCUT2D eigenvalue weighted by Gasteiger charge is -2.45. The number of halogens is 1. The van der Waals surface area contributed by atoms with Crippen molar-refractivity contribution in [2.24, 2.45) is 14.1 Å². The number of hydrogen-bond donors (Lipinski definition) is 1. The van der Waals surface area contributed by atoms with E-state index >= 15 is 0 Å². The van der Waals surface area contributed by atoms with E-state index in [1.807, 2.05) is 202 Å².